The second-order valence-electron chi connectivity index (χ2n) is 8.38. The van der Waals surface area contributed by atoms with Crippen molar-refractivity contribution in [2.45, 2.75) is 52.8 Å². The fourth-order valence-electron chi connectivity index (χ4n) is 4.26. The molecule has 1 aromatic heterocycles. The molecule has 3 aromatic rings. The van der Waals surface area contributed by atoms with Crippen molar-refractivity contribution in [1.82, 2.24) is 15.4 Å². The lowest BCUT2D eigenvalue weighted by Gasteiger charge is -2.35. The fourth-order valence-corrected chi connectivity index (χ4v) is 4.26. The molecular weight excluding hydrogens is 402 g/mol. The fraction of sp³-hybridized carbons (Fsp3) is 0.385. The summed E-state index contributed by atoms with van der Waals surface area (Å²) in [5, 5.41) is 7.08. The third-order valence-electron chi connectivity index (χ3n) is 6.31. The summed E-state index contributed by atoms with van der Waals surface area (Å²) in [5.41, 5.74) is 5.19. The molecule has 1 N–H and O–H groups in total. The number of carbonyl (C=O) groups excluding carboxylic acids is 1. The van der Waals surface area contributed by atoms with Gasteiger partial charge in [0.1, 0.15) is 18.1 Å². The Balaban J connectivity index is 1.34. The van der Waals surface area contributed by atoms with Crippen LogP contribution in [0.1, 0.15) is 51.8 Å². The van der Waals surface area contributed by atoms with E-state index in [2.05, 4.69) is 46.6 Å². The van der Waals surface area contributed by atoms with Gasteiger partial charge in [-0.2, -0.15) is 0 Å². The van der Waals surface area contributed by atoms with Gasteiger partial charge >= 0.3 is 0 Å². The Hall–Kier alpha value is -3.12. The maximum Gasteiger partial charge on any atom is 0.251 e. The first-order valence-corrected chi connectivity index (χ1v) is 11.3. The number of fused-ring (bicyclic) bond motifs is 1. The molecule has 0 fully saturated rings. The van der Waals surface area contributed by atoms with Crippen molar-refractivity contribution in [2.24, 2.45) is 0 Å². The number of nitrogens with zero attached hydrogens (tertiary/aromatic N) is 2. The van der Waals surface area contributed by atoms with Crippen LogP contribution in [0.2, 0.25) is 0 Å². The van der Waals surface area contributed by atoms with Gasteiger partial charge < -0.3 is 14.6 Å². The van der Waals surface area contributed by atoms with Gasteiger partial charge in [0.05, 0.1) is 11.3 Å². The maximum atomic E-state index is 12.8. The summed E-state index contributed by atoms with van der Waals surface area (Å²) in [6, 6.07) is 16.3. The second kappa shape index (κ2) is 10.0. The van der Waals surface area contributed by atoms with Gasteiger partial charge in [-0.25, -0.2) is 0 Å². The van der Waals surface area contributed by atoms with Crippen LogP contribution in [0.4, 0.5) is 0 Å². The van der Waals surface area contributed by atoms with Crippen molar-refractivity contribution >= 4 is 5.91 Å². The van der Waals surface area contributed by atoms with Gasteiger partial charge in [0, 0.05) is 31.2 Å². The van der Waals surface area contributed by atoms with E-state index in [4.69, 9.17) is 9.26 Å². The highest BCUT2D eigenvalue weighted by Crippen LogP contribution is 2.22. The average Bonchev–Trinajstić information content (AvgIpc) is 3.15. The van der Waals surface area contributed by atoms with Crippen LogP contribution < -0.4 is 10.1 Å². The van der Waals surface area contributed by atoms with Crippen LogP contribution in [-0.2, 0) is 19.6 Å². The quantitative estimate of drug-likeness (QED) is 0.569. The summed E-state index contributed by atoms with van der Waals surface area (Å²) in [6.07, 6.45) is 2.05. The van der Waals surface area contributed by atoms with Crippen molar-refractivity contribution in [2.75, 3.05) is 13.1 Å². The van der Waals surface area contributed by atoms with E-state index >= 15 is 0 Å². The number of aromatic nitrogens is 1. The molecule has 4 rings (SSSR count). The molecule has 6 heteroatoms. The first kappa shape index (κ1) is 22.1. The number of aryl methyl sites for hydroxylation is 2. The molecule has 0 saturated heterocycles. The molecule has 1 aliphatic rings. The van der Waals surface area contributed by atoms with Crippen molar-refractivity contribution < 1.29 is 14.1 Å². The molecule has 2 aromatic carbocycles. The molecule has 1 amide bonds. The van der Waals surface area contributed by atoms with Crippen molar-refractivity contribution in [1.29, 1.82) is 0 Å². The van der Waals surface area contributed by atoms with Gasteiger partial charge in [-0.1, -0.05) is 42.4 Å². The summed E-state index contributed by atoms with van der Waals surface area (Å²) in [7, 11) is 0. The van der Waals surface area contributed by atoms with Gasteiger partial charge in [-0.15, -0.1) is 0 Å². The van der Waals surface area contributed by atoms with Crippen LogP contribution in [0.3, 0.4) is 0 Å². The van der Waals surface area contributed by atoms with E-state index in [1.54, 1.807) is 6.07 Å². The van der Waals surface area contributed by atoms with E-state index in [0.29, 0.717) is 30.5 Å². The zero-order chi connectivity index (χ0) is 22.5. The predicted molar refractivity (Wildman–Crippen MR) is 124 cm³/mol. The number of hydrogen-bond acceptors (Lipinski definition) is 5. The Bertz CT molecular complexity index is 1060. The Morgan fingerprint density at radius 2 is 2.00 bits per heavy atom. The number of rotatable bonds is 8. The maximum absolute atomic E-state index is 12.8. The minimum atomic E-state index is -0.0800. The topological polar surface area (TPSA) is 67.6 Å². The van der Waals surface area contributed by atoms with Crippen LogP contribution in [0.15, 0.2) is 53.1 Å². The molecule has 0 saturated carbocycles. The highest BCUT2D eigenvalue weighted by atomic mass is 16.5. The Morgan fingerprint density at radius 1 is 1.19 bits per heavy atom. The summed E-state index contributed by atoms with van der Waals surface area (Å²) in [4.78, 5) is 15.3. The Kier molecular flexibility index (Phi) is 6.90. The van der Waals surface area contributed by atoms with Crippen LogP contribution in [0, 0.1) is 13.8 Å². The number of ether oxygens (including phenoxy) is 1. The van der Waals surface area contributed by atoms with Crippen LogP contribution in [0.25, 0.3) is 0 Å². The third kappa shape index (κ3) is 5.02. The number of carbonyl (C=O) groups is 1. The van der Waals surface area contributed by atoms with E-state index in [1.807, 2.05) is 32.0 Å². The van der Waals surface area contributed by atoms with Gasteiger partial charge in [0.25, 0.3) is 5.91 Å². The molecule has 2 heterocycles. The first-order valence-electron chi connectivity index (χ1n) is 11.3. The van der Waals surface area contributed by atoms with Crippen LogP contribution >= 0.6 is 0 Å². The summed E-state index contributed by atoms with van der Waals surface area (Å²) >= 11 is 0. The van der Waals surface area contributed by atoms with E-state index < -0.39 is 0 Å². The normalized spacial score (nSPS) is 14.6. The lowest BCUT2D eigenvalue weighted by molar-refractivity contribution is 0.0925. The van der Waals surface area contributed by atoms with E-state index in [-0.39, 0.29) is 5.91 Å². The van der Waals surface area contributed by atoms with Gasteiger partial charge in [-0.05, 0) is 56.0 Å². The molecule has 0 spiro atoms. The zero-order valence-corrected chi connectivity index (χ0v) is 19.1. The number of hydrogen-bond donors (Lipinski definition) is 1. The molecule has 1 unspecified atom stereocenters. The highest BCUT2D eigenvalue weighted by Gasteiger charge is 2.23. The molecule has 0 aliphatic carbocycles. The second-order valence-corrected chi connectivity index (χ2v) is 8.38. The number of benzene rings is 2. The van der Waals surface area contributed by atoms with E-state index in [1.165, 1.54) is 11.1 Å². The van der Waals surface area contributed by atoms with Crippen LogP contribution in [0.5, 0.6) is 5.75 Å². The number of nitrogens with one attached hydrogen (secondary N) is 1. The molecule has 6 nitrogen and oxygen atoms in total. The Morgan fingerprint density at radius 3 is 2.75 bits per heavy atom. The van der Waals surface area contributed by atoms with Crippen molar-refractivity contribution in [3.63, 3.8) is 0 Å². The average molecular weight is 434 g/mol. The molecule has 1 aliphatic heterocycles. The monoisotopic (exact) mass is 433 g/mol. The van der Waals surface area contributed by atoms with Crippen molar-refractivity contribution in [3.8, 4) is 5.75 Å². The molecule has 168 valence electrons. The largest absolute Gasteiger partial charge is 0.489 e. The number of amides is 1. The predicted octanol–water partition coefficient (Wildman–Crippen LogP) is 4.44. The smallest absolute Gasteiger partial charge is 0.251 e. The standard InChI is InChI=1S/C26H31N3O3/c1-4-23(29-13-12-20-8-5-6-9-22(20)16-29)15-27-26(30)21-10-7-11-24(14-21)31-17-25-18(2)28-32-19(25)3/h5-11,14,23H,4,12-13,15-17H2,1-3H3,(H,27,30). The first-order chi connectivity index (χ1) is 15.5. The van der Waals surface area contributed by atoms with E-state index in [9.17, 15) is 4.79 Å². The SMILES string of the molecule is CCC(CNC(=O)c1cccc(OCc2c(C)noc2C)c1)N1CCc2ccccc2C1. The third-order valence-corrected chi connectivity index (χ3v) is 6.31. The zero-order valence-electron chi connectivity index (χ0n) is 19.1. The minimum absolute atomic E-state index is 0.0800. The molecule has 1 atom stereocenters. The lowest BCUT2D eigenvalue weighted by atomic mass is 9.98. The summed E-state index contributed by atoms with van der Waals surface area (Å²) in [6.45, 7) is 8.90. The summed E-state index contributed by atoms with van der Waals surface area (Å²) in [5.74, 6) is 1.32. The molecule has 32 heavy (non-hydrogen) atoms. The minimum Gasteiger partial charge on any atom is -0.489 e. The summed E-state index contributed by atoms with van der Waals surface area (Å²) < 4.78 is 11.1. The Labute approximate surface area is 189 Å². The molecular formula is C26H31N3O3. The lowest BCUT2D eigenvalue weighted by Crippen LogP contribution is -2.45. The van der Waals surface area contributed by atoms with E-state index in [0.717, 1.165) is 42.9 Å². The van der Waals surface area contributed by atoms with Gasteiger partial charge in [-0.3, -0.25) is 9.69 Å². The molecule has 0 radical (unpaired) electrons. The highest BCUT2D eigenvalue weighted by molar-refractivity contribution is 5.94. The van der Waals surface area contributed by atoms with Gasteiger partial charge in [0.2, 0.25) is 0 Å². The molecule has 0 bridgehead atoms. The van der Waals surface area contributed by atoms with Crippen LogP contribution in [-0.4, -0.2) is 35.1 Å². The van der Waals surface area contributed by atoms with Gasteiger partial charge in [0.15, 0.2) is 0 Å². The van der Waals surface area contributed by atoms with Crippen molar-refractivity contribution in [3.05, 3.63) is 82.2 Å².